The molecular formula is C20H20F3NO4. The quantitative estimate of drug-likeness (QED) is 0.761. The molecule has 0 atom stereocenters. The van der Waals surface area contributed by atoms with Crippen molar-refractivity contribution in [2.45, 2.75) is 32.4 Å². The lowest BCUT2D eigenvalue weighted by molar-refractivity contribution is -0.139. The van der Waals surface area contributed by atoms with Crippen LogP contribution in [0.2, 0.25) is 0 Å². The van der Waals surface area contributed by atoms with Crippen LogP contribution in [0.4, 0.5) is 18.9 Å². The SMILES string of the molecule is Cc1cc(OCC(=O)O)ccc1NC(=O)C(C)(C)c1cccc(C(F)(F)F)c1. The van der Waals surface area contributed by atoms with Gasteiger partial charge in [-0.2, -0.15) is 13.2 Å². The normalized spacial score (nSPS) is 11.8. The van der Waals surface area contributed by atoms with Crippen LogP contribution in [-0.2, 0) is 21.2 Å². The summed E-state index contributed by atoms with van der Waals surface area (Å²) in [4.78, 5) is 23.3. The number of carbonyl (C=O) groups is 2. The minimum absolute atomic E-state index is 0.235. The lowest BCUT2D eigenvalue weighted by Gasteiger charge is -2.25. The Hall–Kier alpha value is -3.03. The molecule has 150 valence electrons. The van der Waals surface area contributed by atoms with E-state index in [0.717, 1.165) is 12.1 Å². The molecule has 0 aliphatic rings. The van der Waals surface area contributed by atoms with Crippen molar-refractivity contribution in [3.8, 4) is 5.75 Å². The first-order valence-electron chi connectivity index (χ1n) is 8.35. The molecule has 0 aliphatic heterocycles. The maximum absolute atomic E-state index is 13.0. The van der Waals surface area contributed by atoms with E-state index in [9.17, 15) is 22.8 Å². The number of aliphatic carboxylic acids is 1. The molecule has 0 heterocycles. The van der Waals surface area contributed by atoms with Gasteiger partial charge in [0.05, 0.1) is 11.0 Å². The zero-order chi connectivity index (χ0) is 21.1. The van der Waals surface area contributed by atoms with Crippen LogP contribution in [0, 0.1) is 6.92 Å². The zero-order valence-corrected chi connectivity index (χ0v) is 15.6. The molecule has 1 amide bonds. The van der Waals surface area contributed by atoms with Gasteiger partial charge in [0.15, 0.2) is 6.61 Å². The number of carboxylic acids is 1. The topological polar surface area (TPSA) is 75.6 Å². The first kappa shape index (κ1) is 21.3. The number of ether oxygens (including phenoxy) is 1. The Bertz CT molecular complexity index is 891. The van der Waals surface area contributed by atoms with E-state index >= 15 is 0 Å². The molecule has 0 unspecified atom stereocenters. The van der Waals surface area contributed by atoms with Gasteiger partial charge in [-0.05, 0) is 56.2 Å². The fraction of sp³-hybridized carbons (Fsp3) is 0.300. The summed E-state index contributed by atoms with van der Waals surface area (Å²) in [6.45, 7) is 4.28. The van der Waals surface area contributed by atoms with Gasteiger partial charge in [0.25, 0.3) is 0 Å². The molecule has 2 aromatic rings. The van der Waals surface area contributed by atoms with Crippen LogP contribution in [0.3, 0.4) is 0 Å². The Morgan fingerprint density at radius 2 is 1.71 bits per heavy atom. The van der Waals surface area contributed by atoms with Crippen LogP contribution >= 0.6 is 0 Å². The Morgan fingerprint density at radius 3 is 2.29 bits per heavy atom. The van der Waals surface area contributed by atoms with Crippen molar-refractivity contribution in [2.75, 3.05) is 11.9 Å². The molecule has 0 aromatic heterocycles. The van der Waals surface area contributed by atoms with Crippen LogP contribution in [0.15, 0.2) is 42.5 Å². The van der Waals surface area contributed by atoms with Gasteiger partial charge in [-0.1, -0.05) is 18.2 Å². The fourth-order valence-corrected chi connectivity index (χ4v) is 2.51. The molecule has 2 aromatic carbocycles. The summed E-state index contributed by atoms with van der Waals surface area (Å²) in [6, 6.07) is 9.29. The van der Waals surface area contributed by atoms with Crippen molar-refractivity contribution in [2.24, 2.45) is 0 Å². The average molecular weight is 395 g/mol. The Kier molecular flexibility index (Phi) is 6.01. The first-order chi connectivity index (χ1) is 12.9. The summed E-state index contributed by atoms with van der Waals surface area (Å²) < 4.78 is 43.9. The Labute approximate surface area is 160 Å². The number of amides is 1. The summed E-state index contributed by atoms with van der Waals surface area (Å²) >= 11 is 0. The molecule has 8 heteroatoms. The van der Waals surface area contributed by atoms with Gasteiger partial charge in [-0.25, -0.2) is 4.79 Å². The highest BCUT2D eigenvalue weighted by molar-refractivity contribution is 5.99. The number of rotatable bonds is 6. The lowest BCUT2D eigenvalue weighted by atomic mass is 9.82. The van der Waals surface area contributed by atoms with Gasteiger partial charge in [-0.3, -0.25) is 4.79 Å². The smallest absolute Gasteiger partial charge is 0.416 e. The van der Waals surface area contributed by atoms with Crippen molar-refractivity contribution in [3.63, 3.8) is 0 Å². The summed E-state index contributed by atoms with van der Waals surface area (Å²) in [6.07, 6.45) is -4.50. The monoisotopic (exact) mass is 395 g/mol. The standard InChI is InChI=1S/C20H20F3NO4/c1-12-9-15(28-11-17(25)26)7-8-16(12)24-18(27)19(2,3)13-5-4-6-14(10-13)20(21,22)23/h4-10H,11H2,1-3H3,(H,24,27)(H,25,26). The van der Waals surface area contributed by atoms with Crippen molar-refractivity contribution < 1.29 is 32.6 Å². The number of alkyl halides is 3. The molecule has 0 spiro atoms. The van der Waals surface area contributed by atoms with E-state index < -0.39 is 35.6 Å². The van der Waals surface area contributed by atoms with E-state index in [1.807, 2.05) is 0 Å². The summed E-state index contributed by atoms with van der Waals surface area (Å²) in [5, 5.41) is 11.3. The third kappa shape index (κ3) is 5.03. The third-order valence-electron chi connectivity index (χ3n) is 4.29. The van der Waals surface area contributed by atoms with E-state index in [4.69, 9.17) is 9.84 Å². The van der Waals surface area contributed by atoms with Crippen molar-refractivity contribution in [3.05, 3.63) is 59.2 Å². The van der Waals surface area contributed by atoms with Crippen molar-refractivity contribution >= 4 is 17.6 Å². The Balaban J connectivity index is 2.20. The highest BCUT2D eigenvalue weighted by Crippen LogP contribution is 2.33. The minimum Gasteiger partial charge on any atom is -0.482 e. The second kappa shape index (κ2) is 7.92. The Morgan fingerprint density at radius 1 is 1.07 bits per heavy atom. The average Bonchev–Trinajstić information content (AvgIpc) is 2.61. The molecule has 0 saturated heterocycles. The highest BCUT2D eigenvalue weighted by atomic mass is 19.4. The maximum Gasteiger partial charge on any atom is 0.416 e. The molecular weight excluding hydrogens is 375 g/mol. The number of halogens is 3. The molecule has 0 bridgehead atoms. The van der Waals surface area contributed by atoms with Gasteiger partial charge in [-0.15, -0.1) is 0 Å². The van der Waals surface area contributed by atoms with E-state index in [-0.39, 0.29) is 5.56 Å². The number of anilines is 1. The van der Waals surface area contributed by atoms with Crippen molar-refractivity contribution in [1.82, 2.24) is 0 Å². The van der Waals surface area contributed by atoms with Crippen LogP contribution in [0.5, 0.6) is 5.75 Å². The molecule has 0 radical (unpaired) electrons. The number of hydrogen-bond donors (Lipinski definition) is 2. The molecule has 2 rings (SSSR count). The number of carboxylic acid groups (broad SMARTS) is 1. The predicted octanol–water partition coefficient (Wildman–Crippen LogP) is 4.39. The van der Waals surface area contributed by atoms with Crippen LogP contribution in [0.1, 0.15) is 30.5 Å². The lowest BCUT2D eigenvalue weighted by Crippen LogP contribution is -2.35. The van der Waals surface area contributed by atoms with E-state index in [2.05, 4.69) is 5.32 Å². The number of aryl methyl sites for hydroxylation is 1. The second-order valence-corrected chi connectivity index (χ2v) is 6.82. The molecule has 0 saturated carbocycles. The van der Waals surface area contributed by atoms with Gasteiger partial charge in [0.1, 0.15) is 5.75 Å². The van der Waals surface area contributed by atoms with Crippen LogP contribution < -0.4 is 10.1 Å². The predicted molar refractivity (Wildman–Crippen MR) is 97.4 cm³/mol. The summed E-state index contributed by atoms with van der Waals surface area (Å²) in [5.74, 6) is -1.26. The van der Waals surface area contributed by atoms with Gasteiger partial charge < -0.3 is 15.2 Å². The van der Waals surface area contributed by atoms with E-state index in [1.165, 1.54) is 32.0 Å². The largest absolute Gasteiger partial charge is 0.482 e. The molecule has 0 aliphatic carbocycles. The molecule has 28 heavy (non-hydrogen) atoms. The van der Waals surface area contributed by atoms with Crippen LogP contribution in [0.25, 0.3) is 0 Å². The van der Waals surface area contributed by atoms with Crippen molar-refractivity contribution in [1.29, 1.82) is 0 Å². The molecule has 5 nitrogen and oxygen atoms in total. The summed E-state index contributed by atoms with van der Waals surface area (Å²) in [5.41, 5.74) is -0.726. The number of carbonyl (C=O) groups excluding carboxylic acids is 1. The highest BCUT2D eigenvalue weighted by Gasteiger charge is 2.35. The van der Waals surface area contributed by atoms with Gasteiger partial charge in [0.2, 0.25) is 5.91 Å². The van der Waals surface area contributed by atoms with Gasteiger partial charge >= 0.3 is 12.1 Å². The summed E-state index contributed by atoms with van der Waals surface area (Å²) in [7, 11) is 0. The van der Waals surface area contributed by atoms with Crippen LogP contribution in [-0.4, -0.2) is 23.6 Å². The maximum atomic E-state index is 13.0. The molecule has 0 fully saturated rings. The number of nitrogens with one attached hydrogen (secondary N) is 1. The minimum atomic E-state index is -4.50. The van der Waals surface area contributed by atoms with E-state index in [1.54, 1.807) is 19.1 Å². The zero-order valence-electron chi connectivity index (χ0n) is 15.6. The number of hydrogen-bond acceptors (Lipinski definition) is 3. The third-order valence-corrected chi connectivity index (χ3v) is 4.29. The first-order valence-corrected chi connectivity index (χ1v) is 8.35. The molecule has 2 N–H and O–H groups in total. The number of benzene rings is 2. The second-order valence-electron chi connectivity index (χ2n) is 6.82. The fourth-order valence-electron chi connectivity index (χ4n) is 2.51. The van der Waals surface area contributed by atoms with E-state index in [0.29, 0.717) is 17.0 Å². The van der Waals surface area contributed by atoms with Gasteiger partial charge in [0, 0.05) is 5.69 Å².